The molecule has 0 aromatic heterocycles. The van der Waals surface area contributed by atoms with Crippen molar-refractivity contribution in [2.75, 3.05) is 13.2 Å². The van der Waals surface area contributed by atoms with E-state index in [0.29, 0.717) is 19.3 Å². The van der Waals surface area contributed by atoms with Crippen molar-refractivity contribution in [3.8, 4) is 0 Å². The average molecular weight is 774 g/mol. The standard InChI is InChI=1S/C43H83NO10/c1-3-5-7-9-11-13-15-17-19-20-22-24-26-28-30-35(46)38(48)34(33-53-43-41(51)40(50)39(49)37(32-45)54-43)44-42(52)36(47)31-29-27-25-23-21-18-16-14-12-10-8-6-4-2/h17,19,34-41,43,45-51H,3-16,18,20-33H2,1-2H3,(H,44,52)/b19-17-/t34-,35+,36+,37+,38-,39+,40-,41+,43+/m0/s1. The highest BCUT2D eigenvalue weighted by molar-refractivity contribution is 5.80. The fourth-order valence-corrected chi connectivity index (χ4v) is 7.08. The second kappa shape index (κ2) is 33.9. The van der Waals surface area contributed by atoms with Crippen molar-refractivity contribution in [3.63, 3.8) is 0 Å². The fraction of sp³-hybridized carbons (Fsp3) is 0.930. The molecule has 0 aromatic rings. The van der Waals surface area contributed by atoms with Crippen molar-refractivity contribution in [1.29, 1.82) is 0 Å². The second-order valence-corrected chi connectivity index (χ2v) is 15.8. The molecule has 1 rings (SSSR count). The molecule has 8 N–H and O–H groups in total. The van der Waals surface area contributed by atoms with Gasteiger partial charge in [-0.2, -0.15) is 0 Å². The van der Waals surface area contributed by atoms with E-state index in [2.05, 4.69) is 31.3 Å². The summed E-state index contributed by atoms with van der Waals surface area (Å²) in [6.07, 6.45) is 22.6. The van der Waals surface area contributed by atoms with E-state index < -0.39 is 74.2 Å². The van der Waals surface area contributed by atoms with Crippen LogP contribution in [0.15, 0.2) is 12.2 Å². The molecule has 11 nitrogen and oxygen atoms in total. The van der Waals surface area contributed by atoms with E-state index in [1.54, 1.807) is 0 Å². The fourth-order valence-electron chi connectivity index (χ4n) is 7.08. The van der Waals surface area contributed by atoms with Crippen LogP contribution in [-0.2, 0) is 14.3 Å². The molecule has 1 amide bonds. The zero-order chi connectivity index (χ0) is 39.8. The molecule has 0 radical (unpaired) electrons. The van der Waals surface area contributed by atoms with Crippen LogP contribution in [0.25, 0.3) is 0 Å². The number of nitrogens with one attached hydrogen (secondary N) is 1. The summed E-state index contributed by atoms with van der Waals surface area (Å²) in [6.45, 7) is 3.41. The molecule has 54 heavy (non-hydrogen) atoms. The molecule has 0 aromatic carbocycles. The Hall–Kier alpha value is -1.15. The number of carbonyl (C=O) groups excluding carboxylic acids is 1. The molecule has 9 atom stereocenters. The summed E-state index contributed by atoms with van der Waals surface area (Å²) in [5.74, 6) is -0.702. The van der Waals surface area contributed by atoms with Crippen molar-refractivity contribution in [1.82, 2.24) is 5.32 Å². The van der Waals surface area contributed by atoms with E-state index >= 15 is 0 Å². The molecular weight excluding hydrogens is 690 g/mol. The van der Waals surface area contributed by atoms with E-state index in [4.69, 9.17) is 9.47 Å². The van der Waals surface area contributed by atoms with Crippen molar-refractivity contribution in [2.24, 2.45) is 0 Å². The summed E-state index contributed by atoms with van der Waals surface area (Å²) in [5.41, 5.74) is 0. The lowest BCUT2D eigenvalue weighted by atomic mass is 9.98. The third kappa shape index (κ3) is 23.8. The van der Waals surface area contributed by atoms with Crippen LogP contribution in [0, 0.1) is 0 Å². The summed E-state index contributed by atoms with van der Waals surface area (Å²) >= 11 is 0. The topological polar surface area (TPSA) is 189 Å². The van der Waals surface area contributed by atoms with Gasteiger partial charge < -0.3 is 50.5 Å². The molecule has 1 saturated heterocycles. The van der Waals surface area contributed by atoms with Gasteiger partial charge in [-0.1, -0.05) is 161 Å². The molecule has 320 valence electrons. The monoisotopic (exact) mass is 774 g/mol. The Labute approximate surface area is 328 Å². The third-order valence-corrected chi connectivity index (χ3v) is 10.8. The summed E-state index contributed by atoms with van der Waals surface area (Å²) < 4.78 is 11.1. The molecule has 1 aliphatic rings. The van der Waals surface area contributed by atoms with Gasteiger partial charge in [0.2, 0.25) is 5.91 Å². The van der Waals surface area contributed by atoms with Crippen LogP contribution in [0.5, 0.6) is 0 Å². The van der Waals surface area contributed by atoms with Crippen LogP contribution in [-0.4, -0.2) is 110 Å². The van der Waals surface area contributed by atoms with E-state index in [1.165, 1.54) is 96.3 Å². The summed E-state index contributed by atoms with van der Waals surface area (Å²) in [6, 6.07) is -1.17. The Bertz CT molecular complexity index is 892. The van der Waals surface area contributed by atoms with Gasteiger partial charge in [-0.15, -0.1) is 0 Å². The first-order valence-corrected chi connectivity index (χ1v) is 22.1. The highest BCUT2D eigenvalue weighted by Gasteiger charge is 2.44. The number of carbonyl (C=O) groups is 1. The lowest BCUT2D eigenvalue weighted by Gasteiger charge is -2.40. The van der Waals surface area contributed by atoms with Gasteiger partial charge >= 0.3 is 0 Å². The summed E-state index contributed by atoms with van der Waals surface area (Å²) in [4.78, 5) is 13.0. The minimum Gasteiger partial charge on any atom is -0.394 e. The summed E-state index contributed by atoms with van der Waals surface area (Å²) in [5, 5.41) is 75.5. The van der Waals surface area contributed by atoms with E-state index in [0.717, 1.165) is 51.4 Å². The molecule has 1 heterocycles. The first-order chi connectivity index (χ1) is 26.2. The zero-order valence-corrected chi connectivity index (χ0v) is 34.2. The molecule has 1 fully saturated rings. The lowest BCUT2D eigenvalue weighted by molar-refractivity contribution is -0.303. The number of rotatable bonds is 36. The van der Waals surface area contributed by atoms with Crippen molar-refractivity contribution in [2.45, 2.75) is 242 Å². The van der Waals surface area contributed by atoms with Crippen LogP contribution in [0.4, 0.5) is 0 Å². The predicted octanol–water partition coefficient (Wildman–Crippen LogP) is 6.50. The van der Waals surface area contributed by atoms with Crippen molar-refractivity contribution in [3.05, 3.63) is 12.2 Å². The highest BCUT2D eigenvalue weighted by atomic mass is 16.7. The molecular formula is C43H83NO10. The lowest BCUT2D eigenvalue weighted by Crippen LogP contribution is -2.60. The number of hydrogen-bond acceptors (Lipinski definition) is 10. The van der Waals surface area contributed by atoms with Gasteiger partial charge in [-0.25, -0.2) is 0 Å². The van der Waals surface area contributed by atoms with Crippen LogP contribution < -0.4 is 5.32 Å². The van der Waals surface area contributed by atoms with E-state index in [9.17, 15) is 40.5 Å². The van der Waals surface area contributed by atoms with Crippen LogP contribution in [0.1, 0.15) is 187 Å². The number of hydrogen-bond donors (Lipinski definition) is 8. The highest BCUT2D eigenvalue weighted by Crippen LogP contribution is 2.23. The zero-order valence-electron chi connectivity index (χ0n) is 34.2. The number of unbranched alkanes of at least 4 members (excludes halogenated alkanes) is 22. The number of aliphatic hydroxyl groups is 7. The largest absolute Gasteiger partial charge is 0.394 e. The first kappa shape index (κ1) is 50.9. The molecule has 0 aliphatic carbocycles. The van der Waals surface area contributed by atoms with Crippen molar-refractivity contribution < 1.29 is 50.0 Å². The Morgan fingerprint density at radius 3 is 1.56 bits per heavy atom. The molecule has 1 aliphatic heterocycles. The van der Waals surface area contributed by atoms with Crippen LogP contribution >= 0.6 is 0 Å². The smallest absolute Gasteiger partial charge is 0.249 e. The molecule has 11 heteroatoms. The van der Waals surface area contributed by atoms with Gasteiger partial charge in [0.25, 0.3) is 0 Å². The molecule has 0 spiro atoms. The Kier molecular flexibility index (Phi) is 32.0. The Morgan fingerprint density at radius 2 is 1.07 bits per heavy atom. The maximum Gasteiger partial charge on any atom is 0.249 e. The number of aliphatic hydroxyl groups excluding tert-OH is 7. The minimum atomic E-state index is -1.66. The first-order valence-electron chi connectivity index (χ1n) is 22.1. The molecule has 0 saturated carbocycles. The Balaban J connectivity index is 2.51. The van der Waals surface area contributed by atoms with Gasteiger partial charge in [0.15, 0.2) is 6.29 Å². The van der Waals surface area contributed by atoms with Gasteiger partial charge in [0.05, 0.1) is 25.4 Å². The van der Waals surface area contributed by atoms with Crippen molar-refractivity contribution >= 4 is 5.91 Å². The second-order valence-electron chi connectivity index (χ2n) is 15.8. The van der Waals surface area contributed by atoms with Crippen LogP contribution in [0.3, 0.4) is 0 Å². The van der Waals surface area contributed by atoms with Crippen LogP contribution in [0.2, 0.25) is 0 Å². The Morgan fingerprint density at radius 1 is 0.630 bits per heavy atom. The average Bonchev–Trinajstić information content (AvgIpc) is 3.17. The predicted molar refractivity (Wildman–Crippen MR) is 215 cm³/mol. The van der Waals surface area contributed by atoms with Gasteiger partial charge in [0.1, 0.15) is 36.6 Å². The van der Waals surface area contributed by atoms with Gasteiger partial charge in [-0.3, -0.25) is 4.79 Å². The maximum absolute atomic E-state index is 13.0. The van der Waals surface area contributed by atoms with Gasteiger partial charge in [0, 0.05) is 0 Å². The SMILES string of the molecule is CCCCCCCC/C=C\CCCCCC[C@@H](O)[C@@H](O)[C@H](CO[C@@H]1O[C@H](CO)[C@@H](O)[C@H](O)[C@H]1O)NC(=O)[C@H](O)CCCCCCCCCCCCCCC. The quantitative estimate of drug-likeness (QED) is 0.0258. The van der Waals surface area contributed by atoms with E-state index in [1.807, 2.05) is 0 Å². The number of amides is 1. The molecule has 0 unspecified atom stereocenters. The summed E-state index contributed by atoms with van der Waals surface area (Å²) in [7, 11) is 0. The third-order valence-electron chi connectivity index (χ3n) is 10.8. The minimum absolute atomic E-state index is 0.261. The normalized spacial score (nSPS) is 22.7. The molecule has 0 bridgehead atoms. The maximum atomic E-state index is 13.0. The van der Waals surface area contributed by atoms with Gasteiger partial charge in [-0.05, 0) is 38.5 Å². The van der Waals surface area contributed by atoms with E-state index in [-0.39, 0.29) is 6.42 Å². The number of ether oxygens (including phenoxy) is 2. The number of allylic oxidation sites excluding steroid dienone is 2.